The molecule has 16 heavy (non-hydrogen) atoms. The van der Waals surface area contributed by atoms with Crippen molar-refractivity contribution in [2.75, 3.05) is 12.3 Å². The normalized spacial score (nSPS) is 14.7. The highest BCUT2D eigenvalue weighted by Gasteiger charge is 2.24. The number of hydrogen-bond donors (Lipinski definition) is 2. The van der Waals surface area contributed by atoms with Crippen molar-refractivity contribution in [3.05, 3.63) is 11.5 Å². The Morgan fingerprint density at radius 1 is 1.38 bits per heavy atom. The third-order valence-electron chi connectivity index (χ3n) is 2.69. The van der Waals surface area contributed by atoms with E-state index < -0.39 is 5.91 Å². The molecule has 0 atom stereocenters. The number of nitrogen functional groups attached to an aromatic ring is 1. The summed E-state index contributed by atoms with van der Waals surface area (Å²) in [6, 6.07) is 0. The van der Waals surface area contributed by atoms with E-state index in [1.807, 2.05) is 0 Å². The number of imidazole rings is 1. The molecule has 7 nitrogen and oxygen atoms in total. The van der Waals surface area contributed by atoms with Gasteiger partial charge in [-0.05, 0) is 0 Å². The van der Waals surface area contributed by atoms with Crippen molar-refractivity contribution in [1.82, 2.24) is 14.5 Å². The lowest BCUT2D eigenvalue weighted by atomic mass is 10.3. The molecule has 2 heterocycles. The molecule has 4 N–H and O–H groups in total. The molecule has 0 radical (unpaired) electrons. The van der Waals surface area contributed by atoms with Gasteiger partial charge in [-0.1, -0.05) is 0 Å². The minimum Gasteiger partial charge on any atom is -0.383 e. The van der Waals surface area contributed by atoms with Crippen molar-refractivity contribution in [2.24, 2.45) is 5.73 Å². The van der Waals surface area contributed by atoms with Gasteiger partial charge in [0.15, 0.2) is 5.69 Å². The smallest absolute Gasteiger partial charge is 0.271 e. The number of nitrogens with zero attached hydrogens (tertiary/aromatic N) is 3. The van der Waals surface area contributed by atoms with Gasteiger partial charge >= 0.3 is 0 Å². The maximum Gasteiger partial charge on any atom is 0.271 e. The van der Waals surface area contributed by atoms with Crippen LogP contribution in [0.2, 0.25) is 0 Å². The van der Waals surface area contributed by atoms with Crippen LogP contribution in [-0.2, 0) is 17.9 Å². The highest BCUT2D eigenvalue weighted by molar-refractivity contribution is 5.95. The van der Waals surface area contributed by atoms with Crippen molar-refractivity contribution in [1.29, 1.82) is 0 Å². The van der Waals surface area contributed by atoms with Crippen molar-refractivity contribution in [2.45, 2.75) is 20.0 Å². The number of carbonyl (C=O) groups excluding carboxylic acids is 2. The van der Waals surface area contributed by atoms with Crippen LogP contribution in [0.25, 0.3) is 0 Å². The van der Waals surface area contributed by atoms with Gasteiger partial charge in [0.05, 0.1) is 6.54 Å². The number of fused-ring (bicyclic) bond motifs is 1. The first-order valence-corrected chi connectivity index (χ1v) is 4.91. The highest BCUT2D eigenvalue weighted by Crippen LogP contribution is 2.19. The molecule has 2 amide bonds. The van der Waals surface area contributed by atoms with E-state index in [9.17, 15) is 9.59 Å². The van der Waals surface area contributed by atoms with Crippen LogP contribution in [0.3, 0.4) is 0 Å². The van der Waals surface area contributed by atoms with E-state index in [1.165, 1.54) is 6.92 Å². The summed E-state index contributed by atoms with van der Waals surface area (Å²) < 4.78 is 1.72. The zero-order valence-electron chi connectivity index (χ0n) is 8.93. The molecule has 0 fully saturated rings. The summed E-state index contributed by atoms with van der Waals surface area (Å²) in [6.45, 7) is 2.98. The van der Waals surface area contributed by atoms with E-state index in [1.54, 1.807) is 9.47 Å². The fraction of sp³-hybridized carbons (Fsp3) is 0.444. The van der Waals surface area contributed by atoms with Crippen LogP contribution in [0.15, 0.2) is 0 Å². The minimum absolute atomic E-state index is 0.0200. The second kappa shape index (κ2) is 3.51. The van der Waals surface area contributed by atoms with Gasteiger partial charge in [-0.25, -0.2) is 4.98 Å². The van der Waals surface area contributed by atoms with E-state index in [-0.39, 0.29) is 17.4 Å². The summed E-state index contributed by atoms with van der Waals surface area (Å²) in [5.74, 6) is 0.223. The molecular weight excluding hydrogens is 210 g/mol. The Balaban J connectivity index is 2.37. The van der Waals surface area contributed by atoms with Gasteiger partial charge in [0.2, 0.25) is 5.91 Å². The van der Waals surface area contributed by atoms with E-state index in [0.717, 1.165) is 0 Å². The van der Waals surface area contributed by atoms with E-state index >= 15 is 0 Å². The molecule has 7 heteroatoms. The predicted molar refractivity (Wildman–Crippen MR) is 56.2 cm³/mol. The highest BCUT2D eigenvalue weighted by atomic mass is 16.2. The number of carbonyl (C=O) groups is 2. The standard InChI is InChI=1S/C9H13N5O2/c1-5(15)13-2-3-14-6(4-13)12-7(8(14)10)9(11)16/h2-4,10H2,1H3,(H2,11,16). The first-order valence-electron chi connectivity index (χ1n) is 4.91. The zero-order chi connectivity index (χ0) is 11.9. The molecule has 0 saturated carbocycles. The summed E-state index contributed by atoms with van der Waals surface area (Å²) in [7, 11) is 0. The Hall–Kier alpha value is -2.05. The third kappa shape index (κ3) is 1.50. The molecular formula is C9H13N5O2. The number of aromatic nitrogens is 2. The van der Waals surface area contributed by atoms with Gasteiger partial charge in [0, 0.05) is 20.0 Å². The Kier molecular flexibility index (Phi) is 2.30. The summed E-state index contributed by atoms with van der Waals surface area (Å²) >= 11 is 0. The topological polar surface area (TPSA) is 107 Å². The molecule has 1 aromatic heterocycles. The van der Waals surface area contributed by atoms with Crippen LogP contribution >= 0.6 is 0 Å². The fourth-order valence-electron chi connectivity index (χ4n) is 1.80. The Morgan fingerprint density at radius 3 is 2.62 bits per heavy atom. The van der Waals surface area contributed by atoms with Crippen LogP contribution < -0.4 is 11.5 Å². The molecule has 86 valence electrons. The summed E-state index contributed by atoms with van der Waals surface area (Å²) in [5, 5.41) is 0. The number of nitrogens with two attached hydrogens (primary N) is 2. The molecule has 0 spiro atoms. The lowest BCUT2D eigenvalue weighted by Gasteiger charge is -2.26. The molecule has 0 bridgehead atoms. The molecule has 0 aromatic carbocycles. The average Bonchev–Trinajstić information content (AvgIpc) is 2.55. The molecule has 0 aliphatic carbocycles. The van der Waals surface area contributed by atoms with Crippen molar-refractivity contribution >= 4 is 17.6 Å². The summed E-state index contributed by atoms with van der Waals surface area (Å²) in [6.07, 6.45) is 0. The Morgan fingerprint density at radius 2 is 2.06 bits per heavy atom. The van der Waals surface area contributed by atoms with Gasteiger partial charge in [0.25, 0.3) is 5.91 Å². The van der Waals surface area contributed by atoms with Crippen molar-refractivity contribution in [3.63, 3.8) is 0 Å². The molecule has 1 aromatic rings. The number of anilines is 1. The zero-order valence-corrected chi connectivity index (χ0v) is 8.93. The first-order chi connectivity index (χ1) is 7.50. The lowest BCUT2D eigenvalue weighted by molar-refractivity contribution is -0.130. The van der Waals surface area contributed by atoms with Crippen molar-refractivity contribution < 1.29 is 9.59 Å². The lowest BCUT2D eigenvalue weighted by Crippen LogP contribution is -2.37. The van der Waals surface area contributed by atoms with Crippen LogP contribution in [0.5, 0.6) is 0 Å². The minimum atomic E-state index is -0.645. The second-order valence-electron chi connectivity index (χ2n) is 3.72. The fourth-order valence-corrected chi connectivity index (χ4v) is 1.80. The summed E-state index contributed by atoms with van der Waals surface area (Å²) in [4.78, 5) is 27.9. The van der Waals surface area contributed by atoms with Crippen LogP contribution in [0.4, 0.5) is 5.82 Å². The third-order valence-corrected chi connectivity index (χ3v) is 2.69. The van der Waals surface area contributed by atoms with Crippen LogP contribution in [-0.4, -0.2) is 32.8 Å². The predicted octanol–water partition coefficient (Wildman–Crippen LogP) is -1.07. The van der Waals surface area contributed by atoms with Crippen molar-refractivity contribution in [3.8, 4) is 0 Å². The molecule has 0 saturated heterocycles. The Bertz CT molecular complexity index is 465. The van der Waals surface area contributed by atoms with Gasteiger partial charge in [-0.2, -0.15) is 0 Å². The average molecular weight is 223 g/mol. The molecule has 1 aliphatic heterocycles. The van der Waals surface area contributed by atoms with Gasteiger partial charge in [0.1, 0.15) is 11.6 Å². The maximum absolute atomic E-state index is 11.2. The van der Waals surface area contributed by atoms with Crippen LogP contribution in [0.1, 0.15) is 23.2 Å². The maximum atomic E-state index is 11.2. The van der Waals surface area contributed by atoms with Gasteiger partial charge < -0.3 is 20.9 Å². The first kappa shape index (κ1) is 10.5. The monoisotopic (exact) mass is 223 g/mol. The molecule has 1 aliphatic rings. The van der Waals surface area contributed by atoms with Gasteiger partial charge in [-0.15, -0.1) is 0 Å². The molecule has 0 unspecified atom stereocenters. The largest absolute Gasteiger partial charge is 0.383 e. The second-order valence-corrected chi connectivity index (χ2v) is 3.72. The number of hydrogen-bond acceptors (Lipinski definition) is 4. The quantitative estimate of drug-likeness (QED) is 0.631. The SMILES string of the molecule is CC(=O)N1CCn2c(nc(C(N)=O)c2N)C1. The number of amides is 2. The van der Waals surface area contributed by atoms with E-state index in [4.69, 9.17) is 11.5 Å². The van der Waals surface area contributed by atoms with E-state index in [0.29, 0.717) is 25.5 Å². The number of primary amides is 1. The van der Waals surface area contributed by atoms with E-state index in [2.05, 4.69) is 4.98 Å². The van der Waals surface area contributed by atoms with Gasteiger partial charge in [-0.3, -0.25) is 9.59 Å². The number of rotatable bonds is 1. The summed E-state index contributed by atoms with van der Waals surface area (Å²) in [5.41, 5.74) is 11.0. The van der Waals surface area contributed by atoms with Crippen LogP contribution in [0, 0.1) is 0 Å². The Labute approximate surface area is 92.0 Å². The molecule has 2 rings (SSSR count).